The fourth-order valence-electron chi connectivity index (χ4n) is 1.50. The molecule has 8 nitrogen and oxygen atoms in total. The highest BCUT2D eigenvalue weighted by Crippen LogP contribution is 2.23. The first-order valence-corrected chi connectivity index (χ1v) is 9.95. The highest BCUT2D eigenvalue weighted by Gasteiger charge is 2.19. The first-order valence-electron chi connectivity index (χ1n) is 8.50. The van der Waals surface area contributed by atoms with Crippen LogP contribution >= 0.6 is 34.8 Å². The standard InChI is InChI=1S/C9H13ClN2O2.C7H12N2O.C2H2Cl2O.CH4/c1-9(2,3)6-4-8(14-12-6)11-7(13)5-10;1-7(2,3)5-4-6(8)10-9-5;3-1-2(4)5;/h4H,5H2,1-3H3,(H,11,13);4H,8H2,1-3H3;1H2;1H4. The Bertz CT molecular complexity index is 777. The van der Waals surface area contributed by atoms with Crippen LogP contribution in [0, 0.1) is 0 Å². The second-order valence-electron chi connectivity index (χ2n) is 7.86. The van der Waals surface area contributed by atoms with Crippen LogP contribution in [0.4, 0.5) is 11.8 Å². The van der Waals surface area contributed by atoms with Gasteiger partial charge in [-0.2, -0.15) is 0 Å². The molecule has 2 heterocycles. The van der Waals surface area contributed by atoms with Crippen LogP contribution in [0.2, 0.25) is 0 Å². The first-order chi connectivity index (χ1) is 13.2. The highest BCUT2D eigenvalue weighted by atomic mass is 35.5. The van der Waals surface area contributed by atoms with Gasteiger partial charge in [-0.15, -0.1) is 23.2 Å². The Balaban J connectivity index is 0. The smallest absolute Gasteiger partial charge is 0.241 e. The van der Waals surface area contributed by atoms with Crippen LogP contribution < -0.4 is 11.1 Å². The third-order valence-electron chi connectivity index (χ3n) is 3.06. The van der Waals surface area contributed by atoms with E-state index in [-0.39, 0.29) is 35.9 Å². The molecule has 0 radical (unpaired) electrons. The molecule has 0 aromatic carbocycles. The van der Waals surface area contributed by atoms with Crippen molar-refractivity contribution >= 4 is 57.7 Å². The van der Waals surface area contributed by atoms with Crippen molar-refractivity contribution in [3.63, 3.8) is 0 Å². The molecular formula is C19H31Cl3N4O4. The monoisotopic (exact) mass is 484 g/mol. The molecule has 30 heavy (non-hydrogen) atoms. The van der Waals surface area contributed by atoms with E-state index in [4.69, 9.17) is 49.6 Å². The maximum Gasteiger partial charge on any atom is 0.241 e. The molecule has 2 aromatic heterocycles. The maximum absolute atomic E-state index is 10.9. The number of rotatable bonds is 3. The predicted octanol–water partition coefficient (Wildman–Crippen LogP) is 5.33. The van der Waals surface area contributed by atoms with Crippen LogP contribution in [0.15, 0.2) is 21.2 Å². The third-order valence-corrected chi connectivity index (χ3v) is 3.82. The highest BCUT2D eigenvalue weighted by molar-refractivity contribution is 6.67. The summed E-state index contributed by atoms with van der Waals surface area (Å²) in [4.78, 5) is 20.4. The molecule has 1 amide bonds. The number of nitrogens with two attached hydrogens (primary N) is 1. The lowest BCUT2D eigenvalue weighted by Gasteiger charge is -2.12. The topological polar surface area (TPSA) is 124 Å². The molecule has 0 aliphatic carbocycles. The van der Waals surface area contributed by atoms with Crippen LogP contribution in [0.25, 0.3) is 0 Å². The van der Waals surface area contributed by atoms with Gasteiger partial charge in [0.05, 0.1) is 17.3 Å². The number of nitrogens with zero attached hydrogens (tertiary/aromatic N) is 2. The van der Waals surface area contributed by atoms with Gasteiger partial charge in [-0.1, -0.05) is 59.3 Å². The van der Waals surface area contributed by atoms with Gasteiger partial charge in [-0.05, 0) is 11.6 Å². The molecule has 2 aromatic rings. The van der Waals surface area contributed by atoms with Crippen LogP contribution in [0.3, 0.4) is 0 Å². The summed E-state index contributed by atoms with van der Waals surface area (Å²) in [6.45, 7) is 12.2. The number of carbonyl (C=O) groups excluding carboxylic acids is 2. The molecule has 172 valence electrons. The van der Waals surface area contributed by atoms with Crippen LogP contribution in [-0.4, -0.2) is 33.2 Å². The molecule has 0 bridgehead atoms. The number of amides is 1. The quantitative estimate of drug-likeness (QED) is 0.444. The molecule has 0 aliphatic rings. The zero-order valence-electron chi connectivity index (χ0n) is 17.3. The third kappa shape index (κ3) is 12.7. The van der Waals surface area contributed by atoms with E-state index in [1.54, 1.807) is 12.1 Å². The Kier molecular flexibility index (Phi) is 13.7. The van der Waals surface area contributed by atoms with Gasteiger partial charge in [0.2, 0.25) is 22.9 Å². The number of alkyl halides is 2. The van der Waals surface area contributed by atoms with E-state index in [1.807, 2.05) is 20.8 Å². The number of halogens is 3. The van der Waals surface area contributed by atoms with Crippen molar-refractivity contribution in [1.82, 2.24) is 10.3 Å². The summed E-state index contributed by atoms with van der Waals surface area (Å²) in [5, 5.41) is 9.61. The summed E-state index contributed by atoms with van der Waals surface area (Å²) in [6, 6.07) is 3.45. The minimum atomic E-state index is -0.508. The van der Waals surface area contributed by atoms with Crippen molar-refractivity contribution in [2.75, 3.05) is 22.8 Å². The molecular weight excluding hydrogens is 455 g/mol. The Morgan fingerprint density at radius 2 is 1.40 bits per heavy atom. The lowest BCUT2D eigenvalue weighted by molar-refractivity contribution is -0.114. The normalized spacial score (nSPS) is 10.6. The van der Waals surface area contributed by atoms with Crippen LogP contribution in [0.1, 0.15) is 60.4 Å². The SMILES string of the molecule is C.CC(C)(C)c1cc(N)on1.CC(C)(C)c1cc(NC(=O)CCl)on1.O=C(Cl)CCl. The molecule has 0 unspecified atom stereocenters. The largest absolute Gasteiger partial charge is 0.368 e. The van der Waals surface area contributed by atoms with Crippen LogP contribution in [-0.2, 0) is 20.4 Å². The number of carbonyl (C=O) groups is 2. The average Bonchev–Trinajstić information content (AvgIpc) is 3.24. The molecule has 2 rings (SSSR count). The van der Waals surface area contributed by atoms with Gasteiger partial charge < -0.3 is 14.8 Å². The van der Waals surface area contributed by atoms with Crippen molar-refractivity contribution in [2.24, 2.45) is 0 Å². The Morgan fingerprint density at radius 3 is 1.67 bits per heavy atom. The molecule has 11 heteroatoms. The Labute approximate surface area is 192 Å². The minimum absolute atomic E-state index is 0. The number of nitrogen functional groups attached to an aromatic ring is 1. The summed E-state index contributed by atoms with van der Waals surface area (Å²) >= 11 is 14.9. The molecule has 0 saturated carbocycles. The van der Waals surface area contributed by atoms with Crippen molar-refractivity contribution in [3.8, 4) is 0 Å². The predicted molar refractivity (Wildman–Crippen MR) is 122 cm³/mol. The van der Waals surface area contributed by atoms with Crippen molar-refractivity contribution in [3.05, 3.63) is 23.5 Å². The number of hydrogen-bond acceptors (Lipinski definition) is 7. The van der Waals surface area contributed by atoms with E-state index >= 15 is 0 Å². The number of anilines is 2. The molecule has 0 saturated heterocycles. The van der Waals surface area contributed by atoms with E-state index in [9.17, 15) is 9.59 Å². The summed E-state index contributed by atoms with van der Waals surface area (Å²) in [5.41, 5.74) is 6.97. The molecule has 3 N–H and O–H groups in total. The Hall–Kier alpha value is -1.77. The summed E-state index contributed by atoms with van der Waals surface area (Å²) < 4.78 is 9.64. The van der Waals surface area contributed by atoms with E-state index in [2.05, 4.69) is 36.4 Å². The van der Waals surface area contributed by atoms with Crippen molar-refractivity contribution < 1.29 is 18.6 Å². The number of aromatic nitrogens is 2. The molecule has 0 atom stereocenters. The fourth-order valence-corrected chi connectivity index (χ4v) is 1.57. The maximum atomic E-state index is 10.9. The average molecular weight is 486 g/mol. The molecule has 0 aliphatic heterocycles. The van der Waals surface area contributed by atoms with E-state index in [0.29, 0.717) is 11.8 Å². The van der Waals surface area contributed by atoms with Gasteiger partial charge in [0, 0.05) is 23.0 Å². The van der Waals surface area contributed by atoms with Gasteiger partial charge in [-0.25, -0.2) is 0 Å². The van der Waals surface area contributed by atoms with Gasteiger partial charge >= 0.3 is 0 Å². The second-order valence-corrected chi connectivity index (χ2v) is 8.82. The van der Waals surface area contributed by atoms with E-state index in [0.717, 1.165) is 11.4 Å². The zero-order valence-corrected chi connectivity index (χ0v) is 19.6. The number of nitrogens with one attached hydrogen (secondary N) is 1. The number of hydrogen-bond donors (Lipinski definition) is 2. The van der Waals surface area contributed by atoms with E-state index < -0.39 is 5.24 Å². The van der Waals surface area contributed by atoms with Crippen molar-refractivity contribution in [1.29, 1.82) is 0 Å². The first kappa shape index (κ1) is 30.4. The Morgan fingerprint density at radius 1 is 0.967 bits per heavy atom. The lowest BCUT2D eigenvalue weighted by atomic mass is 9.92. The lowest BCUT2D eigenvalue weighted by Crippen LogP contribution is -2.12. The van der Waals surface area contributed by atoms with Gasteiger partial charge in [0.15, 0.2) is 0 Å². The van der Waals surface area contributed by atoms with Gasteiger partial charge in [0.1, 0.15) is 5.88 Å². The summed E-state index contributed by atoms with van der Waals surface area (Å²) in [6.07, 6.45) is 0. The minimum Gasteiger partial charge on any atom is -0.368 e. The summed E-state index contributed by atoms with van der Waals surface area (Å²) in [7, 11) is 0. The zero-order chi connectivity index (χ0) is 22.8. The second kappa shape index (κ2) is 13.5. The van der Waals surface area contributed by atoms with Crippen molar-refractivity contribution in [2.45, 2.75) is 59.8 Å². The summed E-state index contributed by atoms with van der Waals surface area (Å²) in [5.74, 6) is 0.224. The molecule has 0 spiro atoms. The fraction of sp³-hybridized carbons (Fsp3) is 0.579. The van der Waals surface area contributed by atoms with Crippen LogP contribution in [0.5, 0.6) is 0 Å². The van der Waals surface area contributed by atoms with Gasteiger partial charge in [-0.3, -0.25) is 14.9 Å². The van der Waals surface area contributed by atoms with E-state index in [1.165, 1.54) is 0 Å². The van der Waals surface area contributed by atoms with Gasteiger partial charge in [0.25, 0.3) is 0 Å². The molecule has 0 fully saturated rings.